The number of hydrogen-bond acceptors (Lipinski definition) is 6. The number of hydrogen-bond donors (Lipinski definition) is 3. The molecule has 3 N–H and O–H groups in total. The van der Waals surface area contributed by atoms with Crippen LogP contribution in [0.4, 0.5) is 5.69 Å². The molecule has 0 saturated carbocycles. The van der Waals surface area contributed by atoms with E-state index in [2.05, 4.69) is 10.6 Å². The lowest BCUT2D eigenvalue weighted by molar-refractivity contribution is -0.138. The zero-order valence-corrected chi connectivity index (χ0v) is 23.7. The fourth-order valence-electron chi connectivity index (χ4n) is 5.58. The summed E-state index contributed by atoms with van der Waals surface area (Å²) in [7, 11) is 0. The van der Waals surface area contributed by atoms with Gasteiger partial charge in [0.2, 0.25) is 11.8 Å². The molecular weight excluding hydrogens is 510 g/mol. The molecule has 220 valence electrons. The monoisotopic (exact) mass is 555 g/mol. The highest BCUT2D eigenvalue weighted by Gasteiger charge is 2.45. The molecule has 0 spiro atoms. The SMILES string of the molecule is O=C(O)CCCCCCCCCCCCCCCCCNc1cccc2c1C(=O)N(C1CCC(=O)NC1=O)C2=O. The molecule has 2 heterocycles. The Bertz CT molecular complexity index is 1040. The van der Waals surface area contributed by atoms with Crippen molar-refractivity contribution in [3.8, 4) is 0 Å². The van der Waals surface area contributed by atoms with Crippen LogP contribution in [0.5, 0.6) is 0 Å². The lowest BCUT2D eigenvalue weighted by atomic mass is 10.0. The Kier molecular flexibility index (Phi) is 13.1. The third-order valence-electron chi connectivity index (χ3n) is 7.85. The summed E-state index contributed by atoms with van der Waals surface area (Å²) in [4.78, 5) is 61.3. The number of nitrogens with zero attached hydrogens (tertiary/aromatic N) is 1. The van der Waals surface area contributed by atoms with E-state index in [0.29, 0.717) is 29.8 Å². The van der Waals surface area contributed by atoms with Gasteiger partial charge < -0.3 is 10.4 Å². The Morgan fingerprint density at radius 1 is 0.800 bits per heavy atom. The summed E-state index contributed by atoms with van der Waals surface area (Å²) in [6.07, 6.45) is 18.2. The van der Waals surface area contributed by atoms with Gasteiger partial charge in [-0.25, -0.2) is 0 Å². The molecule has 0 aliphatic carbocycles. The fourth-order valence-corrected chi connectivity index (χ4v) is 5.58. The Morgan fingerprint density at radius 2 is 1.35 bits per heavy atom. The summed E-state index contributed by atoms with van der Waals surface area (Å²) in [5, 5.41) is 14.2. The van der Waals surface area contributed by atoms with Crippen molar-refractivity contribution in [1.82, 2.24) is 10.2 Å². The van der Waals surface area contributed by atoms with E-state index < -0.39 is 29.7 Å². The van der Waals surface area contributed by atoms with E-state index in [1.807, 2.05) is 0 Å². The topological polar surface area (TPSA) is 133 Å². The molecule has 1 aromatic carbocycles. The van der Waals surface area contributed by atoms with E-state index in [0.717, 1.165) is 37.0 Å². The number of aliphatic carboxylic acids is 1. The van der Waals surface area contributed by atoms with Gasteiger partial charge in [-0.15, -0.1) is 0 Å². The zero-order valence-electron chi connectivity index (χ0n) is 23.7. The van der Waals surface area contributed by atoms with Crippen LogP contribution < -0.4 is 10.6 Å². The van der Waals surface area contributed by atoms with Gasteiger partial charge in [-0.2, -0.15) is 0 Å². The van der Waals surface area contributed by atoms with Crippen LogP contribution in [0, 0.1) is 0 Å². The number of carboxylic acid groups (broad SMARTS) is 1. The normalized spacial score (nSPS) is 16.8. The second-order valence-electron chi connectivity index (χ2n) is 11.0. The first kappa shape index (κ1) is 31.3. The molecule has 1 fully saturated rings. The minimum Gasteiger partial charge on any atom is -0.481 e. The number of carbonyl (C=O) groups is 5. The van der Waals surface area contributed by atoms with E-state index >= 15 is 0 Å². The standard InChI is InChI=1S/C31H45N3O6/c35-26-21-20-25(29(38)33-26)34-30(39)23-17-16-18-24(28(23)31(34)40)32-22-15-13-11-9-7-5-3-1-2-4-6-8-10-12-14-19-27(36)37/h16-18,25,32H,1-15,19-22H2,(H,36,37)(H,33,35,38). The summed E-state index contributed by atoms with van der Waals surface area (Å²) in [5.74, 6) is -2.64. The number of carbonyl (C=O) groups excluding carboxylic acids is 4. The van der Waals surface area contributed by atoms with Crippen molar-refractivity contribution in [1.29, 1.82) is 0 Å². The van der Waals surface area contributed by atoms with Gasteiger partial charge in [0.15, 0.2) is 0 Å². The molecule has 1 unspecified atom stereocenters. The van der Waals surface area contributed by atoms with E-state index in [1.54, 1.807) is 18.2 Å². The van der Waals surface area contributed by atoms with Gasteiger partial charge in [-0.05, 0) is 31.4 Å². The Morgan fingerprint density at radius 3 is 1.90 bits per heavy atom. The van der Waals surface area contributed by atoms with Gasteiger partial charge in [0.25, 0.3) is 11.8 Å². The maximum atomic E-state index is 13.1. The van der Waals surface area contributed by atoms with E-state index in [1.165, 1.54) is 64.2 Å². The number of fused-ring (bicyclic) bond motifs is 1. The van der Waals surface area contributed by atoms with Gasteiger partial charge in [0.1, 0.15) is 6.04 Å². The predicted molar refractivity (Wildman–Crippen MR) is 153 cm³/mol. The van der Waals surface area contributed by atoms with Crippen LogP contribution in [-0.4, -0.2) is 52.2 Å². The molecule has 1 saturated heterocycles. The highest BCUT2D eigenvalue weighted by Crippen LogP contribution is 2.32. The maximum Gasteiger partial charge on any atom is 0.303 e. The van der Waals surface area contributed by atoms with Crippen LogP contribution in [0.1, 0.15) is 136 Å². The van der Waals surface area contributed by atoms with Crippen LogP contribution in [0.2, 0.25) is 0 Å². The number of piperidine rings is 1. The largest absolute Gasteiger partial charge is 0.481 e. The minimum atomic E-state index is -0.953. The van der Waals surface area contributed by atoms with Crippen molar-refractivity contribution >= 4 is 35.3 Å². The third kappa shape index (κ3) is 9.45. The molecule has 1 atom stereocenters. The van der Waals surface area contributed by atoms with Crippen LogP contribution in [0.15, 0.2) is 18.2 Å². The maximum absolute atomic E-state index is 13.1. The zero-order chi connectivity index (χ0) is 28.7. The van der Waals surface area contributed by atoms with Crippen molar-refractivity contribution < 1.29 is 29.1 Å². The van der Waals surface area contributed by atoms with Gasteiger partial charge in [0, 0.05) is 25.1 Å². The molecule has 0 bridgehead atoms. The molecule has 3 rings (SSSR count). The average molecular weight is 556 g/mol. The van der Waals surface area contributed by atoms with Gasteiger partial charge >= 0.3 is 5.97 Å². The number of benzene rings is 1. The van der Waals surface area contributed by atoms with Crippen LogP contribution >= 0.6 is 0 Å². The molecule has 2 aliphatic heterocycles. The number of carboxylic acids is 1. The summed E-state index contributed by atoms with van der Waals surface area (Å²) < 4.78 is 0. The minimum absolute atomic E-state index is 0.106. The highest BCUT2D eigenvalue weighted by atomic mass is 16.4. The summed E-state index contributed by atoms with van der Waals surface area (Å²) in [6.45, 7) is 0.704. The predicted octanol–water partition coefficient (Wildman–Crippen LogP) is 5.83. The highest BCUT2D eigenvalue weighted by molar-refractivity contribution is 6.25. The second-order valence-corrected chi connectivity index (χ2v) is 11.0. The number of anilines is 1. The Balaban J connectivity index is 1.22. The molecule has 0 radical (unpaired) electrons. The molecule has 9 nitrogen and oxygen atoms in total. The van der Waals surface area contributed by atoms with Crippen molar-refractivity contribution in [2.45, 2.75) is 122 Å². The molecule has 9 heteroatoms. The number of amides is 4. The van der Waals surface area contributed by atoms with Crippen molar-refractivity contribution in [3.63, 3.8) is 0 Å². The number of rotatable bonds is 20. The first-order chi connectivity index (χ1) is 19.4. The number of unbranched alkanes of at least 4 members (excludes halogenated alkanes) is 14. The Hall–Kier alpha value is -3.23. The molecule has 0 aromatic heterocycles. The Labute approximate surface area is 237 Å². The molecule has 40 heavy (non-hydrogen) atoms. The lowest BCUT2D eigenvalue weighted by Crippen LogP contribution is -2.54. The summed E-state index contributed by atoms with van der Waals surface area (Å²) >= 11 is 0. The fraction of sp³-hybridized carbons (Fsp3) is 0.645. The quantitative estimate of drug-likeness (QED) is 0.136. The van der Waals surface area contributed by atoms with Gasteiger partial charge in [-0.3, -0.25) is 34.2 Å². The van der Waals surface area contributed by atoms with E-state index in [4.69, 9.17) is 5.11 Å². The van der Waals surface area contributed by atoms with Crippen molar-refractivity contribution in [2.24, 2.45) is 0 Å². The molecule has 1 aromatic rings. The van der Waals surface area contributed by atoms with Gasteiger partial charge in [-0.1, -0.05) is 89.5 Å². The van der Waals surface area contributed by atoms with Crippen molar-refractivity contribution in [2.75, 3.05) is 11.9 Å². The average Bonchev–Trinajstić information content (AvgIpc) is 3.18. The van der Waals surface area contributed by atoms with Crippen molar-refractivity contribution in [3.05, 3.63) is 29.3 Å². The molecule has 2 aliphatic rings. The van der Waals surface area contributed by atoms with Crippen LogP contribution in [0.3, 0.4) is 0 Å². The first-order valence-corrected chi connectivity index (χ1v) is 15.2. The van der Waals surface area contributed by atoms with E-state index in [-0.39, 0.29) is 18.7 Å². The van der Waals surface area contributed by atoms with Crippen LogP contribution in [-0.2, 0) is 14.4 Å². The molecule has 4 amide bonds. The number of nitrogens with one attached hydrogen (secondary N) is 2. The van der Waals surface area contributed by atoms with Gasteiger partial charge in [0.05, 0.1) is 11.1 Å². The first-order valence-electron chi connectivity index (χ1n) is 15.2. The summed E-state index contributed by atoms with van der Waals surface area (Å²) in [5.41, 5.74) is 1.23. The van der Waals surface area contributed by atoms with Crippen LogP contribution in [0.25, 0.3) is 0 Å². The number of imide groups is 2. The second kappa shape index (κ2) is 16.8. The third-order valence-corrected chi connectivity index (χ3v) is 7.85. The smallest absolute Gasteiger partial charge is 0.303 e. The van der Waals surface area contributed by atoms with E-state index in [9.17, 15) is 24.0 Å². The summed E-state index contributed by atoms with van der Waals surface area (Å²) in [6, 6.07) is 4.19. The molecular formula is C31H45N3O6. The lowest BCUT2D eigenvalue weighted by Gasteiger charge is -2.27.